The standard InChI is InChI=1S/C13H12BrN3O2/c1-13(5-11(18)16-12(13)19)17-6-8-9(14)3-2-4-10(8)15-7-17/h2-4,7H,5-6H2,1H3,(H,16,18,19). The Bertz CT molecular complexity index is 614. The van der Waals surface area contributed by atoms with Crippen LogP contribution in [0.4, 0.5) is 5.69 Å². The van der Waals surface area contributed by atoms with E-state index in [1.54, 1.807) is 13.3 Å². The number of nitrogens with zero attached hydrogens (tertiary/aromatic N) is 2. The lowest BCUT2D eigenvalue weighted by Gasteiger charge is -2.36. The minimum absolute atomic E-state index is 0.164. The molecule has 1 aromatic rings. The number of hydrogen-bond donors (Lipinski definition) is 1. The van der Waals surface area contributed by atoms with Crippen molar-refractivity contribution in [2.45, 2.75) is 25.4 Å². The normalized spacial score (nSPS) is 25.5. The fourth-order valence-electron chi connectivity index (χ4n) is 2.40. The molecule has 1 saturated heterocycles. The molecule has 0 saturated carbocycles. The summed E-state index contributed by atoms with van der Waals surface area (Å²) >= 11 is 3.49. The van der Waals surface area contributed by atoms with Gasteiger partial charge in [-0.25, -0.2) is 4.99 Å². The highest BCUT2D eigenvalue weighted by molar-refractivity contribution is 9.10. The Morgan fingerprint density at radius 2 is 2.21 bits per heavy atom. The smallest absolute Gasteiger partial charge is 0.252 e. The first-order chi connectivity index (χ1) is 9.00. The van der Waals surface area contributed by atoms with Gasteiger partial charge in [-0.05, 0) is 19.1 Å². The van der Waals surface area contributed by atoms with Crippen molar-refractivity contribution in [3.8, 4) is 0 Å². The number of carbonyl (C=O) groups is 2. The first-order valence-corrected chi connectivity index (χ1v) is 6.72. The molecule has 5 nitrogen and oxygen atoms in total. The van der Waals surface area contributed by atoms with E-state index in [0.717, 1.165) is 15.7 Å². The number of carbonyl (C=O) groups excluding carboxylic acids is 2. The van der Waals surface area contributed by atoms with Crippen LogP contribution in [-0.4, -0.2) is 28.6 Å². The van der Waals surface area contributed by atoms with Crippen molar-refractivity contribution < 1.29 is 9.59 Å². The van der Waals surface area contributed by atoms with Gasteiger partial charge in [-0.1, -0.05) is 22.0 Å². The fraction of sp³-hybridized carbons (Fsp3) is 0.308. The molecule has 0 aromatic heterocycles. The molecule has 1 fully saturated rings. The Balaban J connectivity index is 1.97. The molecule has 1 atom stereocenters. The Morgan fingerprint density at radius 3 is 2.89 bits per heavy atom. The van der Waals surface area contributed by atoms with Crippen molar-refractivity contribution in [2.75, 3.05) is 0 Å². The average Bonchev–Trinajstić information content (AvgIpc) is 2.64. The van der Waals surface area contributed by atoms with E-state index < -0.39 is 5.54 Å². The van der Waals surface area contributed by atoms with Gasteiger partial charge >= 0.3 is 0 Å². The molecule has 0 spiro atoms. The number of amides is 2. The highest BCUT2D eigenvalue weighted by Gasteiger charge is 2.47. The van der Waals surface area contributed by atoms with Gasteiger partial charge in [0, 0.05) is 16.6 Å². The zero-order chi connectivity index (χ0) is 13.6. The van der Waals surface area contributed by atoms with E-state index in [2.05, 4.69) is 26.2 Å². The van der Waals surface area contributed by atoms with Crippen molar-refractivity contribution in [3.63, 3.8) is 0 Å². The molecule has 0 bridgehead atoms. The summed E-state index contributed by atoms with van der Waals surface area (Å²) in [4.78, 5) is 29.6. The molecule has 0 radical (unpaired) electrons. The van der Waals surface area contributed by atoms with E-state index in [1.165, 1.54) is 0 Å². The van der Waals surface area contributed by atoms with Crippen LogP contribution < -0.4 is 5.32 Å². The summed E-state index contributed by atoms with van der Waals surface area (Å²) < 4.78 is 0.959. The third kappa shape index (κ3) is 1.87. The first-order valence-electron chi connectivity index (χ1n) is 5.93. The van der Waals surface area contributed by atoms with Gasteiger partial charge in [0.1, 0.15) is 5.54 Å². The number of benzene rings is 1. The van der Waals surface area contributed by atoms with Crippen LogP contribution in [0.5, 0.6) is 0 Å². The number of imide groups is 1. The van der Waals surface area contributed by atoms with Gasteiger partial charge in [0.25, 0.3) is 5.91 Å². The summed E-state index contributed by atoms with van der Waals surface area (Å²) in [6, 6.07) is 5.79. The molecule has 6 heteroatoms. The van der Waals surface area contributed by atoms with Crippen molar-refractivity contribution in [2.24, 2.45) is 4.99 Å². The van der Waals surface area contributed by atoms with Crippen LogP contribution in [0.2, 0.25) is 0 Å². The summed E-state index contributed by atoms with van der Waals surface area (Å²) in [5.74, 6) is -0.502. The van der Waals surface area contributed by atoms with Crippen molar-refractivity contribution >= 4 is 39.8 Å². The number of rotatable bonds is 1. The highest BCUT2D eigenvalue weighted by Crippen LogP contribution is 2.35. The minimum Gasteiger partial charge on any atom is -0.343 e. The minimum atomic E-state index is -0.854. The monoisotopic (exact) mass is 321 g/mol. The molecule has 1 aromatic carbocycles. The predicted molar refractivity (Wildman–Crippen MR) is 74.0 cm³/mol. The Kier molecular flexibility index (Phi) is 2.70. The Labute approximate surface area is 118 Å². The van der Waals surface area contributed by atoms with Gasteiger partial charge in [0.15, 0.2) is 0 Å². The molecule has 3 rings (SSSR count). The number of hydrogen-bond acceptors (Lipinski definition) is 4. The lowest BCUT2D eigenvalue weighted by molar-refractivity contribution is -0.128. The molecular weight excluding hydrogens is 310 g/mol. The topological polar surface area (TPSA) is 61.8 Å². The second-order valence-electron chi connectivity index (χ2n) is 4.94. The second kappa shape index (κ2) is 4.16. The van der Waals surface area contributed by atoms with Crippen LogP contribution in [0, 0.1) is 0 Å². The van der Waals surface area contributed by atoms with Crippen LogP contribution >= 0.6 is 15.9 Å². The first kappa shape index (κ1) is 12.3. The van der Waals surface area contributed by atoms with E-state index in [1.807, 2.05) is 23.1 Å². The number of fused-ring (bicyclic) bond motifs is 1. The second-order valence-corrected chi connectivity index (χ2v) is 5.79. The van der Waals surface area contributed by atoms with Crippen LogP contribution in [0.25, 0.3) is 0 Å². The Morgan fingerprint density at radius 1 is 1.42 bits per heavy atom. The summed E-state index contributed by atoms with van der Waals surface area (Å²) in [5, 5.41) is 2.35. The SMILES string of the molecule is CC1(N2C=Nc3cccc(Br)c3C2)CC(=O)NC1=O. The van der Waals surface area contributed by atoms with Gasteiger partial charge in [-0.15, -0.1) is 0 Å². The number of halogens is 1. The van der Waals surface area contributed by atoms with E-state index in [9.17, 15) is 9.59 Å². The third-order valence-corrected chi connectivity index (χ3v) is 4.38. The van der Waals surface area contributed by atoms with E-state index in [0.29, 0.717) is 6.54 Å². The number of aliphatic imine (C=N–C) groups is 1. The fourth-order valence-corrected chi connectivity index (χ4v) is 2.88. The van der Waals surface area contributed by atoms with Gasteiger partial charge in [-0.2, -0.15) is 0 Å². The quantitative estimate of drug-likeness (QED) is 0.801. The molecule has 1 unspecified atom stereocenters. The van der Waals surface area contributed by atoms with Crippen molar-refractivity contribution in [1.29, 1.82) is 0 Å². The van der Waals surface area contributed by atoms with Gasteiger partial charge < -0.3 is 4.90 Å². The van der Waals surface area contributed by atoms with Crippen LogP contribution in [0.1, 0.15) is 18.9 Å². The van der Waals surface area contributed by atoms with Gasteiger partial charge in [0.05, 0.1) is 18.4 Å². The van der Waals surface area contributed by atoms with E-state index in [-0.39, 0.29) is 18.2 Å². The van der Waals surface area contributed by atoms with E-state index in [4.69, 9.17) is 0 Å². The summed E-state index contributed by atoms with van der Waals surface area (Å²) in [7, 11) is 0. The zero-order valence-electron chi connectivity index (χ0n) is 10.3. The van der Waals surface area contributed by atoms with Crippen LogP contribution in [0.3, 0.4) is 0 Å². The molecule has 0 aliphatic carbocycles. The summed E-state index contributed by atoms with van der Waals surface area (Å²) in [6.07, 6.45) is 1.81. The molecular formula is C13H12BrN3O2. The third-order valence-electron chi connectivity index (χ3n) is 3.64. The maximum atomic E-state index is 12.0. The molecule has 98 valence electrons. The largest absolute Gasteiger partial charge is 0.343 e. The predicted octanol–water partition coefficient (Wildman–Crippen LogP) is 1.73. The zero-order valence-corrected chi connectivity index (χ0v) is 11.9. The maximum absolute atomic E-state index is 12.0. The maximum Gasteiger partial charge on any atom is 0.252 e. The van der Waals surface area contributed by atoms with Crippen LogP contribution in [-0.2, 0) is 16.1 Å². The molecule has 2 amide bonds. The molecule has 2 aliphatic rings. The van der Waals surface area contributed by atoms with Crippen molar-refractivity contribution in [3.05, 3.63) is 28.2 Å². The Hall–Kier alpha value is -1.69. The van der Waals surface area contributed by atoms with Crippen molar-refractivity contribution in [1.82, 2.24) is 10.2 Å². The number of nitrogens with one attached hydrogen (secondary N) is 1. The van der Waals surface area contributed by atoms with Crippen LogP contribution in [0.15, 0.2) is 27.7 Å². The molecule has 1 N–H and O–H groups in total. The molecule has 2 aliphatic heterocycles. The summed E-state index contributed by atoms with van der Waals surface area (Å²) in [6.45, 7) is 2.32. The van der Waals surface area contributed by atoms with Gasteiger partial charge in [0.2, 0.25) is 5.91 Å². The average molecular weight is 322 g/mol. The summed E-state index contributed by atoms with van der Waals surface area (Å²) in [5.41, 5.74) is 1.06. The lowest BCUT2D eigenvalue weighted by Crippen LogP contribution is -2.51. The highest BCUT2D eigenvalue weighted by atomic mass is 79.9. The van der Waals surface area contributed by atoms with Gasteiger partial charge in [-0.3, -0.25) is 14.9 Å². The lowest BCUT2D eigenvalue weighted by atomic mass is 9.96. The van der Waals surface area contributed by atoms with E-state index >= 15 is 0 Å². The molecule has 19 heavy (non-hydrogen) atoms. The molecule has 2 heterocycles.